The first kappa shape index (κ1) is 6.45. The van der Waals surface area contributed by atoms with Crippen molar-refractivity contribution in [2.75, 3.05) is 28.2 Å². The first-order valence-electron chi connectivity index (χ1n) is 2.24. The third kappa shape index (κ3) is 5.45. The molecule has 0 spiro atoms. The molecule has 0 aliphatic carbocycles. The van der Waals surface area contributed by atoms with Crippen molar-refractivity contribution in [3.05, 3.63) is 4.85 Å². The average molecular weight is 100 g/mol. The first-order valence-corrected chi connectivity index (χ1v) is 2.24. The van der Waals surface area contributed by atoms with Crippen LogP contribution in [0.4, 0.5) is 0 Å². The predicted molar refractivity (Wildman–Crippen MR) is 31.2 cm³/mol. The molecule has 0 atom stereocenters. The zero-order valence-electron chi connectivity index (χ0n) is 5.39. The largest absolute Gasteiger partial charge is 0.523 e. The molecule has 0 amide bonds. The lowest BCUT2D eigenvalue weighted by molar-refractivity contribution is -0.800. The van der Waals surface area contributed by atoms with Gasteiger partial charge in [-0.05, 0) is 4.85 Å². The highest BCUT2D eigenvalue weighted by atomic mass is 15.3. The maximum absolute atomic E-state index is 3.73. The summed E-state index contributed by atoms with van der Waals surface area (Å²) in [6, 6.07) is 0. The van der Waals surface area contributed by atoms with Gasteiger partial charge in [-0.2, -0.15) is 4.48 Å². The van der Waals surface area contributed by atoms with E-state index in [1.807, 2.05) is 21.1 Å². The molecule has 0 aliphatic heterocycles. The van der Waals surface area contributed by atoms with Crippen molar-refractivity contribution in [2.45, 2.75) is 0 Å². The Morgan fingerprint density at radius 1 is 1.29 bits per heavy atom. The van der Waals surface area contributed by atoms with Gasteiger partial charge in [0.2, 0.25) is 0 Å². The van der Waals surface area contributed by atoms with E-state index in [-0.39, 0.29) is 0 Å². The van der Waals surface area contributed by atoms with Crippen LogP contribution in [0.5, 0.6) is 0 Å². The molecule has 0 radical (unpaired) electrons. The summed E-state index contributed by atoms with van der Waals surface area (Å²) >= 11 is 0. The Hall–Kier alpha value is -0.550. The summed E-state index contributed by atoms with van der Waals surface area (Å²) in [5.74, 6) is 0. The van der Waals surface area contributed by atoms with Crippen molar-refractivity contribution >= 4 is 0 Å². The van der Waals surface area contributed by atoms with E-state index in [1.54, 1.807) is 7.05 Å². The zero-order chi connectivity index (χ0) is 5.91. The second kappa shape index (κ2) is 1.94. The number of quaternary nitrogens is 1. The molecule has 7 heavy (non-hydrogen) atoms. The molecule has 0 saturated heterocycles. The molecule has 0 rings (SSSR count). The molecular weight excluding hydrogens is 88.1 g/mol. The molecule has 0 heterocycles. The van der Waals surface area contributed by atoms with Crippen LogP contribution in [0.3, 0.4) is 0 Å². The van der Waals surface area contributed by atoms with Crippen LogP contribution in [0.25, 0.3) is 4.85 Å². The van der Waals surface area contributed by atoms with Crippen LogP contribution in [0.1, 0.15) is 0 Å². The van der Waals surface area contributed by atoms with Crippen molar-refractivity contribution in [1.82, 2.24) is 0 Å². The van der Waals surface area contributed by atoms with Crippen molar-refractivity contribution in [3.63, 3.8) is 0 Å². The van der Waals surface area contributed by atoms with Crippen LogP contribution in [-0.2, 0) is 0 Å². The molecule has 0 unspecified atom stereocenters. The van der Waals surface area contributed by atoms with E-state index in [9.17, 15) is 0 Å². The Balaban J connectivity index is 3.72. The molecule has 40 valence electrons. The van der Waals surface area contributed by atoms with Gasteiger partial charge in [0.25, 0.3) is 7.05 Å². The summed E-state index contributed by atoms with van der Waals surface area (Å²) in [5, 5.41) is 0. The predicted octanol–water partition coefficient (Wildman–Crippen LogP) is 0.613. The number of nitrogens with zero attached hydrogens (tertiary/aromatic N) is 2. The molecule has 2 heteroatoms. The van der Waals surface area contributed by atoms with Crippen LogP contribution in [-0.4, -0.2) is 32.7 Å². The van der Waals surface area contributed by atoms with Gasteiger partial charge in [0, 0.05) is 0 Å². The van der Waals surface area contributed by atoms with Crippen LogP contribution < -0.4 is 0 Å². The van der Waals surface area contributed by atoms with Crippen LogP contribution in [0.2, 0.25) is 0 Å². The lowest BCUT2D eigenvalue weighted by atomic mass is 10.7. The van der Waals surface area contributed by atoms with Gasteiger partial charge >= 0.3 is 6.19 Å². The molecule has 0 saturated carbocycles. The van der Waals surface area contributed by atoms with Gasteiger partial charge in [-0.15, -0.1) is 0 Å². The highest BCUT2D eigenvalue weighted by molar-refractivity contribution is 4.67. The summed E-state index contributed by atoms with van der Waals surface area (Å²) < 4.78 is 0.677. The fourth-order valence-electron chi connectivity index (χ4n) is 0.300. The van der Waals surface area contributed by atoms with Gasteiger partial charge in [0.15, 0.2) is 0 Å². The smallest absolute Gasteiger partial charge is 0.191 e. The minimum Gasteiger partial charge on any atom is -0.191 e. The Bertz CT molecular complexity index is 99.5. The van der Waals surface area contributed by atoms with E-state index in [2.05, 4.69) is 11.0 Å². The van der Waals surface area contributed by atoms with Crippen molar-refractivity contribution < 1.29 is 4.48 Å². The van der Waals surface area contributed by atoms with Crippen molar-refractivity contribution in [2.24, 2.45) is 0 Å². The van der Waals surface area contributed by atoms with E-state index in [0.29, 0.717) is 4.48 Å². The standard InChI is InChI=1S/C5H12N2/c1-6-5-7(2,3)4/h1-4H3/q+2. The summed E-state index contributed by atoms with van der Waals surface area (Å²) in [7, 11) is 7.75. The van der Waals surface area contributed by atoms with Gasteiger partial charge in [0.05, 0.1) is 21.1 Å². The van der Waals surface area contributed by atoms with Gasteiger partial charge in [-0.25, -0.2) is 0 Å². The van der Waals surface area contributed by atoms with Crippen molar-refractivity contribution in [1.29, 1.82) is 0 Å². The third-order valence-corrected chi connectivity index (χ3v) is 0.400. The number of hydrogen-bond acceptors (Lipinski definition) is 0. The average Bonchev–Trinajstić information content (AvgIpc) is 1.30. The van der Waals surface area contributed by atoms with Crippen LogP contribution in [0.15, 0.2) is 0 Å². The molecule has 0 aromatic carbocycles. The molecule has 0 aliphatic rings. The van der Waals surface area contributed by atoms with E-state index >= 15 is 0 Å². The Kier molecular flexibility index (Phi) is 1.79. The second-order valence-corrected chi connectivity index (χ2v) is 2.34. The third-order valence-electron chi connectivity index (χ3n) is 0.400. The highest BCUT2D eigenvalue weighted by Gasteiger charge is 2.07. The van der Waals surface area contributed by atoms with Gasteiger partial charge in [0.1, 0.15) is 0 Å². The summed E-state index contributed by atoms with van der Waals surface area (Å²) in [6.07, 6.45) is 2.85. The summed E-state index contributed by atoms with van der Waals surface area (Å²) in [6.45, 7) is 0. The lowest BCUT2D eigenvalue weighted by Crippen LogP contribution is -2.27. The fraction of sp³-hybridized carbons (Fsp3) is 0.800. The van der Waals surface area contributed by atoms with Gasteiger partial charge in [-0.3, -0.25) is 0 Å². The number of hydrogen-bond donors (Lipinski definition) is 0. The summed E-state index contributed by atoms with van der Waals surface area (Å²) in [4.78, 5) is 3.73. The minimum absolute atomic E-state index is 0.677. The maximum Gasteiger partial charge on any atom is 0.523 e. The van der Waals surface area contributed by atoms with E-state index < -0.39 is 0 Å². The Labute approximate surface area is 44.8 Å². The topological polar surface area (TPSA) is 4.36 Å². The second-order valence-electron chi connectivity index (χ2n) is 2.34. The van der Waals surface area contributed by atoms with Gasteiger partial charge in [-0.1, -0.05) is 0 Å². The fourth-order valence-corrected chi connectivity index (χ4v) is 0.300. The Morgan fingerprint density at radius 3 is 1.71 bits per heavy atom. The van der Waals surface area contributed by atoms with E-state index in [4.69, 9.17) is 0 Å². The molecule has 2 nitrogen and oxygen atoms in total. The molecular formula is C5H12N2+2. The maximum atomic E-state index is 3.73. The van der Waals surface area contributed by atoms with Crippen LogP contribution >= 0.6 is 0 Å². The minimum atomic E-state index is 0.677. The van der Waals surface area contributed by atoms with E-state index in [1.165, 1.54) is 0 Å². The van der Waals surface area contributed by atoms with E-state index in [0.717, 1.165) is 0 Å². The highest BCUT2D eigenvalue weighted by Crippen LogP contribution is 1.82. The van der Waals surface area contributed by atoms with Crippen molar-refractivity contribution in [3.8, 4) is 6.19 Å². The molecule has 0 fully saturated rings. The van der Waals surface area contributed by atoms with Crippen LogP contribution in [0, 0.1) is 6.19 Å². The monoisotopic (exact) mass is 100 g/mol. The molecule has 0 aromatic heterocycles. The Morgan fingerprint density at radius 2 is 1.71 bits per heavy atom. The zero-order valence-corrected chi connectivity index (χ0v) is 5.39. The normalized spacial score (nSPS) is 9.71. The molecule has 0 aromatic rings. The summed E-state index contributed by atoms with van der Waals surface area (Å²) in [5.41, 5.74) is 0. The molecule has 0 N–H and O–H groups in total. The SMILES string of the molecule is C[N+]#C[N+](C)(C)C. The molecule has 0 bridgehead atoms. The quantitative estimate of drug-likeness (QED) is 0.310. The van der Waals surface area contributed by atoms with Gasteiger partial charge < -0.3 is 0 Å². The lowest BCUT2D eigenvalue weighted by Gasteiger charge is -2.03. The first-order chi connectivity index (χ1) is 3.06. The number of rotatable bonds is 0.